The molecule has 2 fully saturated rings. The van der Waals surface area contributed by atoms with Crippen LogP contribution in [-0.4, -0.2) is 43.7 Å². The quantitative estimate of drug-likeness (QED) is 0.577. The van der Waals surface area contributed by atoms with Crippen LogP contribution in [0.3, 0.4) is 0 Å². The van der Waals surface area contributed by atoms with E-state index in [0.717, 1.165) is 42.6 Å². The van der Waals surface area contributed by atoms with Gasteiger partial charge < -0.3 is 21.1 Å². The topological polar surface area (TPSA) is 119 Å². The number of rotatable bonds is 4. The van der Waals surface area contributed by atoms with Gasteiger partial charge in [0.05, 0.1) is 6.20 Å². The minimum Gasteiger partial charge on any atom is -0.488 e. The number of nitrogens with zero attached hydrogens (tertiary/aromatic N) is 4. The van der Waals surface area contributed by atoms with Crippen molar-refractivity contribution in [3.05, 3.63) is 42.0 Å². The summed E-state index contributed by atoms with van der Waals surface area (Å²) < 4.78 is 46.2. The second-order valence-corrected chi connectivity index (χ2v) is 7.77. The molecule has 0 radical (unpaired) electrons. The Kier molecular flexibility index (Phi) is 4.29. The predicted molar refractivity (Wildman–Crippen MR) is 104 cm³/mol. The van der Waals surface area contributed by atoms with Gasteiger partial charge in [0.15, 0.2) is 11.5 Å². The Bertz CT molecular complexity index is 1170. The number of nitrogens with one attached hydrogen (secondary N) is 2. The van der Waals surface area contributed by atoms with Crippen molar-refractivity contribution in [2.24, 2.45) is 0 Å². The van der Waals surface area contributed by atoms with E-state index in [2.05, 4.69) is 25.7 Å². The summed E-state index contributed by atoms with van der Waals surface area (Å²) in [5.74, 6) is -0.586. The SMILES string of the molecule is Nc1nn2ccc(C(F)(F)F)nc2c1C(=O)Nc1cnccc1O[C@H]1C[C@@]2(CCN2)C1. The maximum absolute atomic E-state index is 13.0. The minimum atomic E-state index is -4.67. The lowest BCUT2D eigenvalue weighted by Gasteiger charge is -2.54. The predicted octanol–water partition coefficient (Wildman–Crippen LogP) is 2.25. The summed E-state index contributed by atoms with van der Waals surface area (Å²) in [4.78, 5) is 20.4. The summed E-state index contributed by atoms with van der Waals surface area (Å²) in [6.07, 6.45) is 2.17. The second-order valence-electron chi connectivity index (χ2n) is 7.77. The number of anilines is 2. The summed E-state index contributed by atoms with van der Waals surface area (Å²) in [6, 6.07) is 2.38. The van der Waals surface area contributed by atoms with Gasteiger partial charge in [0.25, 0.3) is 5.91 Å². The molecule has 4 heterocycles. The molecule has 0 unspecified atom stereocenters. The van der Waals surface area contributed by atoms with Gasteiger partial charge in [-0.15, -0.1) is 5.10 Å². The number of nitrogens with two attached hydrogens (primary N) is 1. The van der Waals surface area contributed by atoms with Crippen LogP contribution < -0.4 is 21.1 Å². The van der Waals surface area contributed by atoms with Crippen LogP contribution in [-0.2, 0) is 6.18 Å². The first-order valence-corrected chi connectivity index (χ1v) is 9.63. The van der Waals surface area contributed by atoms with E-state index in [-0.39, 0.29) is 34.4 Å². The van der Waals surface area contributed by atoms with E-state index >= 15 is 0 Å². The fraction of sp³-hybridized carbons (Fsp3) is 0.368. The van der Waals surface area contributed by atoms with Gasteiger partial charge in [0, 0.05) is 36.8 Å². The van der Waals surface area contributed by atoms with Gasteiger partial charge in [-0.3, -0.25) is 9.78 Å². The van der Waals surface area contributed by atoms with Crippen LogP contribution in [0.2, 0.25) is 0 Å². The zero-order valence-electron chi connectivity index (χ0n) is 16.1. The number of hydrogen-bond acceptors (Lipinski definition) is 7. The minimum absolute atomic E-state index is 0.00362. The Balaban J connectivity index is 1.39. The lowest BCUT2D eigenvalue weighted by Crippen LogP contribution is -2.67. The van der Waals surface area contributed by atoms with Gasteiger partial charge in [0.2, 0.25) is 0 Å². The highest BCUT2D eigenvalue weighted by molar-refractivity contribution is 6.12. The number of aromatic nitrogens is 4. The molecule has 162 valence electrons. The Morgan fingerprint density at radius 2 is 2.13 bits per heavy atom. The highest BCUT2D eigenvalue weighted by Crippen LogP contribution is 2.42. The summed E-state index contributed by atoms with van der Waals surface area (Å²) in [5, 5.41) is 9.89. The molecule has 5 rings (SSSR count). The van der Waals surface area contributed by atoms with Crippen molar-refractivity contribution in [3.8, 4) is 5.75 Å². The third-order valence-corrected chi connectivity index (χ3v) is 5.69. The standard InChI is InChI=1S/C19H18F3N7O2/c20-19(21,22)13-2-6-29-16(27-13)14(15(23)28-29)17(30)26-11-9-24-4-1-12(11)31-10-7-18(8-10)3-5-25-18/h1-2,4,6,9-10,25H,3,5,7-8H2,(H2,23,28)(H,26,30)/t10-,18-. The lowest BCUT2D eigenvalue weighted by molar-refractivity contribution is -0.141. The molecule has 12 heteroatoms. The third-order valence-electron chi connectivity index (χ3n) is 5.69. The molecule has 4 N–H and O–H groups in total. The Hall–Kier alpha value is -3.41. The zero-order valence-corrected chi connectivity index (χ0v) is 16.1. The molecule has 0 bridgehead atoms. The number of ether oxygens (including phenoxy) is 1. The van der Waals surface area contributed by atoms with Crippen LogP contribution in [0.4, 0.5) is 24.7 Å². The Morgan fingerprint density at radius 1 is 1.35 bits per heavy atom. The number of carbonyl (C=O) groups excluding carboxylic acids is 1. The molecule has 1 saturated carbocycles. The fourth-order valence-electron chi connectivity index (χ4n) is 3.99. The van der Waals surface area contributed by atoms with Gasteiger partial charge in [-0.1, -0.05) is 0 Å². The van der Waals surface area contributed by atoms with Crippen LogP contribution in [0.5, 0.6) is 5.75 Å². The van der Waals surface area contributed by atoms with E-state index < -0.39 is 17.8 Å². The van der Waals surface area contributed by atoms with Gasteiger partial charge in [0.1, 0.15) is 28.8 Å². The number of fused-ring (bicyclic) bond motifs is 1. The molecule has 1 aliphatic heterocycles. The average Bonchev–Trinajstić information content (AvgIpc) is 2.98. The van der Waals surface area contributed by atoms with Gasteiger partial charge in [-0.25, -0.2) is 9.50 Å². The number of halogens is 3. The largest absolute Gasteiger partial charge is 0.488 e. The van der Waals surface area contributed by atoms with Crippen molar-refractivity contribution in [2.75, 3.05) is 17.6 Å². The monoisotopic (exact) mass is 433 g/mol. The molecule has 31 heavy (non-hydrogen) atoms. The number of alkyl halides is 3. The summed E-state index contributed by atoms with van der Waals surface area (Å²) >= 11 is 0. The number of hydrogen-bond donors (Lipinski definition) is 3. The fourth-order valence-corrected chi connectivity index (χ4v) is 3.99. The Morgan fingerprint density at radius 3 is 2.81 bits per heavy atom. The van der Waals surface area contributed by atoms with Crippen LogP contribution in [0.1, 0.15) is 35.3 Å². The van der Waals surface area contributed by atoms with Crippen molar-refractivity contribution < 1.29 is 22.7 Å². The number of amides is 1. The van der Waals surface area contributed by atoms with E-state index in [1.54, 1.807) is 6.07 Å². The maximum atomic E-state index is 13.0. The summed E-state index contributed by atoms with van der Waals surface area (Å²) in [6.45, 7) is 1.01. The average molecular weight is 433 g/mol. The molecule has 3 aromatic heterocycles. The van der Waals surface area contributed by atoms with Crippen LogP contribution >= 0.6 is 0 Å². The first-order valence-electron chi connectivity index (χ1n) is 9.63. The lowest BCUT2D eigenvalue weighted by atomic mass is 9.68. The molecule has 3 aromatic rings. The normalized spacial score (nSPS) is 22.7. The molecule has 1 aliphatic carbocycles. The van der Waals surface area contributed by atoms with E-state index in [9.17, 15) is 18.0 Å². The van der Waals surface area contributed by atoms with Crippen LogP contribution in [0, 0.1) is 0 Å². The third kappa shape index (κ3) is 3.42. The van der Waals surface area contributed by atoms with Crippen molar-refractivity contribution in [1.82, 2.24) is 24.9 Å². The number of pyridine rings is 1. The molecule has 1 spiro atoms. The van der Waals surface area contributed by atoms with Crippen LogP contribution in [0.25, 0.3) is 5.65 Å². The van der Waals surface area contributed by atoms with Crippen LogP contribution in [0.15, 0.2) is 30.7 Å². The van der Waals surface area contributed by atoms with Gasteiger partial charge >= 0.3 is 6.18 Å². The molecule has 9 nitrogen and oxygen atoms in total. The zero-order chi connectivity index (χ0) is 21.8. The highest BCUT2D eigenvalue weighted by Gasteiger charge is 2.49. The van der Waals surface area contributed by atoms with E-state index in [0.29, 0.717) is 5.75 Å². The van der Waals surface area contributed by atoms with Crippen molar-refractivity contribution >= 4 is 23.1 Å². The molecular weight excluding hydrogens is 415 g/mol. The van der Waals surface area contributed by atoms with E-state index in [1.165, 1.54) is 12.4 Å². The molecule has 1 amide bonds. The van der Waals surface area contributed by atoms with Gasteiger partial charge in [-0.2, -0.15) is 13.2 Å². The summed E-state index contributed by atoms with van der Waals surface area (Å²) in [5.41, 5.74) is 4.54. The van der Waals surface area contributed by atoms with E-state index in [1.807, 2.05) is 0 Å². The summed E-state index contributed by atoms with van der Waals surface area (Å²) in [7, 11) is 0. The number of carbonyl (C=O) groups is 1. The Labute approximate surface area is 173 Å². The van der Waals surface area contributed by atoms with Crippen molar-refractivity contribution in [3.63, 3.8) is 0 Å². The molecule has 2 aliphatic rings. The molecule has 1 saturated heterocycles. The number of nitrogen functional groups attached to an aromatic ring is 1. The first kappa shape index (κ1) is 19.5. The van der Waals surface area contributed by atoms with Crippen molar-refractivity contribution in [2.45, 2.75) is 37.1 Å². The van der Waals surface area contributed by atoms with Crippen molar-refractivity contribution in [1.29, 1.82) is 0 Å². The molecular formula is C19H18F3N7O2. The second kappa shape index (κ2) is 6.80. The highest BCUT2D eigenvalue weighted by atomic mass is 19.4. The smallest absolute Gasteiger partial charge is 0.433 e. The van der Waals surface area contributed by atoms with Gasteiger partial charge in [-0.05, 0) is 19.0 Å². The molecule has 0 atom stereocenters. The van der Waals surface area contributed by atoms with E-state index in [4.69, 9.17) is 10.5 Å². The molecule has 0 aromatic carbocycles. The maximum Gasteiger partial charge on any atom is 0.433 e. The first-order chi connectivity index (χ1) is 14.7.